The van der Waals surface area contributed by atoms with Crippen LogP contribution in [-0.4, -0.2) is 37.1 Å². The number of ether oxygens (including phenoxy) is 3. The first-order valence-electron chi connectivity index (χ1n) is 9.29. The van der Waals surface area contributed by atoms with Crippen molar-refractivity contribution >= 4 is 17.5 Å². The molecule has 3 rings (SSSR count). The fourth-order valence-electron chi connectivity index (χ4n) is 2.78. The number of aromatic nitrogens is 2. The highest BCUT2D eigenvalue weighted by Crippen LogP contribution is 2.31. The first-order chi connectivity index (χ1) is 14.8. The summed E-state index contributed by atoms with van der Waals surface area (Å²) in [6.45, 7) is 2.45. The van der Waals surface area contributed by atoms with Gasteiger partial charge in [0, 0.05) is 42.1 Å². The zero-order chi connectivity index (χ0) is 22.4. The molecule has 10 heteroatoms. The van der Waals surface area contributed by atoms with E-state index in [0.717, 1.165) is 0 Å². The lowest BCUT2D eigenvalue weighted by Crippen LogP contribution is -2.17. The summed E-state index contributed by atoms with van der Waals surface area (Å²) in [4.78, 5) is 8.80. The second kappa shape index (κ2) is 9.41. The van der Waals surface area contributed by atoms with Crippen molar-refractivity contribution in [2.75, 3.05) is 31.4 Å². The maximum Gasteiger partial charge on any atom is 0.573 e. The highest BCUT2D eigenvalue weighted by Gasteiger charge is 2.31. The number of anilines is 3. The molecular formula is C21H21F3N4O3. The van der Waals surface area contributed by atoms with Crippen LogP contribution in [0.3, 0.4) is 0 Å². The van der Waals surface area contributed by atoms with Crippen molar-refractivity contribution < 1.29 is 27.4 Å². The van der Waals surface area contributed by atoms with Crippen LogP contribution in [0, 0.1) is 0 Å². The Morgan fingerprint density at radius 2 is 1.61 bits per heavy atom. The van der Waals surface area contributed by atoms with Crippen molar-refractivity contribution in [2.45, 2.75) is 13.3 Å². The zero-order valence-corrected chi connectivity index (χ0v) is 17.1. The molecule has 164 valence electrons. The summed E-state index contributed by atoms with van der Waals surface area (Å²) in [5.74, 6) is 1.58. The number of methoxy groups -OCH3 is 2. The lowest BCUT2D eigenvalue weighted by molar-refractivity contribution is -0.274. The minimum absolute atomic E-state index is 0.319. The molecule has 0 aliphatic carbocycles. The molecule has 2 aromatic carbocycles. The molecule has 1 aromatic heterocycles. The van der Waals surface area contributed by atoms with Crippen LogP contribution in [0.4, 0.5) is 30.6 Å². The summed E-state index contributed by atoms with van der Waals surface area (Å²) in [5, 5.41) is 6.17. The summed E-state index contributed by atoms with van der Waals surface area (Å²) in [6, 6.07) is 12.5. The largest absolute Gasteiger partial charge is 0.573 e. The first kappa shape index (κ1) is 22.0. The third-order valence-corrected chi connectivity index (χ3v) is 4.05. The average molecular weight is 434 g/mol. The molecule has 0 saturated heterocycles. The molecule has 1 heterocycles. The highest BCUT2D eigenvalue weighted by atomic mass is 19.4. The lowest BCUT2D eigenvalue weighted by atomic mass is 10.1. The van der Waals surface area contributed by atoms with Gasteiger partial charge in [-0.25, -0.2) is 4.98 Å². The summed E-state index contributed by atoms with van der Waals surface area (Å²) in [7, 11) is 3.08. The van der Waals surface area contributed by atoms with Gasteiger partial charge in [0.2, 0.25) is 5.95 Å². The van der Waals surface area contributed by atoms with E-state index in [0.29, 0.717) is 46.8 Å². The Morgan fingerprint density at radius 3 is 2.23 bits per heavy atom. The summed E-state index contributed by atoms with van der Waals surface area (Å²) >= 11 is 0. The van der Waals surface area contributed by atoms with Gasteiger partial charge in [0.1, 0.15) is 23.1 Å². The third kappa shape index (κ3) is 6.14. The normalized spacial score (nSPS) is 11.0. The Bertz CT molecular complexity index is 1020. The molecule has 2 N–H and O–H groups in total. The molecule has 0 fully saturated rings. The molecule has 3 aromatic rings. The standard InChI is InChI=1S/C21H21F3N4O3/c1-4-25-20-27-18(13-6-5-7-15(8-13)31-21(22,23)24)12-19(28-20)26-14-9-16(29-2)11-17(10-14)30-3/h5-12H,4H2,1-3H3,(H2,25,26,27,28). The van der Waals surface area contributed by atoms with E-state index in [-0.39, 0.29) is 5.75 Å². The van der Waals surface area contributed by atoms with Gasteiger partial charge in [-0.1, -0.05) is 12.1 Å². The molecule has 0 unspecified atom stereocenters. The van der Waals surface area contributed by atoms with E-state index in [1.807, 2.05) is 6.92 Å². The first-order valence-corrected chi connectivity index (χ1v) is 9.29. The van der Waals surface area contributed by atoms with Crippen LogP contribution < -0.4 is 24.8 Å². The molecule has 0 bridgehead atoms. The van der Waals surface area contributed by atoms with Crippen LogP contribution in [0.1, 0.15) is 6.92 Å². The van der Waals surface area contributed by atoms with Crippen LogP contribution in [0.15, 0.2) is 48.5 Å². The van der Waals surface area contributed by atoms with Crippen LogP contribution >= 0.6 is 0 Å². The molecule has 7 nitrogen and oxygen atoms in total. The van der Waals surface area contributed by atoms with Gasteiger partial charge in [0.15, 0.2) is 0 Å². The van der Waals surface area contributed by atoms with E-state index < -0.39 is 6.36 Å². The number of alkyl halides is 3. The average Bonchev–Trinajstić information content (AvgIpc) is 2.72. The van der Waals surface area contributed by atoms with Crippen molar-refractivity contribution in [2.24, 2.45) is 0 Å². The Labute approximate surface area is 177 Å². The maximum absolute atomic E-state index is 12.6. The SMILES string of the molecule is CCNc1nc(Nc2cc(OC)cc(OC)c2)cc(-c2cccc(OC(F)(F)F)c2)n1. The number of benzene rings is 2. The Balaban J connectivity index is 1.98. The quantitative estimate of drug-likeness (QED) is 0.502. The van der Waals surface area contributed by atoms with Crippen molar-refractivity contribution in [3.05, 3.63) is 48.5 Å². The van der Waals surface area contributed by atoms with Gasteiger partial charge in [-0.05, 0) is 19.1 Å². The fourth-order valence-corrected chi connectivity index (χ4v) is 2.78. The molecule has 0 aliphatic rings. The Morgan fingerprint density at radius 1 is 0.903 bits per heavy atom. The van der Waals surface area contributed by atoms with Crippen LogP contribution in [0.2, 0.25) is 0 Å². The van der Waals surface area contributed by atoms with Crippen molar-refractivity contribution in [1.29, 1.82) is 0 Å². The second-order valence-electron chi connectivity index (χ2n) is 6.29. The summed E-state index contributed by atoms with van der Waals surface area (Å²) < 4.78 is 52.3. The predicted molar refractivity (Wildman–Crippen MR) is 111 cm³/mol. The zero-order valence-electron chi connectivity index (χ0n) is 17.1. The van der Waals surface area contributed by atoms with E-state index in [2.05, 4.69) is 25.3 Å². The molecule has 0 spiro atoms. The van der Waals surface area contributed by atoms with E-state index in [1.165, 1.54) is 18.2 Å². The molecule has 0 amide bonds. The van der Waals surface area contributed by atoms with Gasteiger partial charge in [-0.3, -0.25) is 0 Å². The number of halogens is 3. The third-order valence-electron chi connectivity index (χ3n) is 4.05. The van der Waals surface area contributed by atoms with Gasteiger partial charge in [0.25, 0.3) is 0 Å². The molecule has 0 saturated carbocycles. The lowest BCUT2D eigenvalue weighted by Gasteiger charge is -2.13. The minimum atomic E-state index is -4.78. The Hall–Kier alpha value is -3.69. The van der Waals surface area contributed by atoms with E-state index in [9.17, 15) is 13.2 Å². The second-order valence-corrected chi connectivity index (χ2v) is 6.29. The predicted octanol–water partition coefficient (Wildman–Crippen LogP) is 5.23. The number of hydrogen-bond acceptors (Lipinski definition) is 7. The van der Waals surface area contributed by atoms with Gasteiger partial charge in [-0.2, -0.15) is 4.98 Å². The van der Waals surface area contributed by atoms with Crippen LogP contribution in [0.5, 0.6) is 17.2 Å². The maximum atomic E-state index is 12.6. The molecular weight excluding hydrogens is 413 g/mol. The van der Waals surface area contributed by atoms with Crippen molar-refractivity contribution in [1.82, 2.24) is 9.97 Å². The van der Waals surface area contributed by atoms with Crippen molar-refractivity contribution in [3.63, 3.8) is 0 Å². The number of rotatable bonds is 8. The Kier molecular flexibility index (Phi) is 6.68. The van der Waals surface area contributed by atoms with Crippen molar-refractivity contribution in [3.8, 4) is 28.5 Å². The van der Waals surface area contributed by atoms with Crippen LogP contribution in [0.25, 0.3) is 11.3 Å². The molecule has 0 aliphatic heterocycles. The summed E-state index contributed by atoms with van der Waals surface area (Å²) in [6.07, 6.45) is -4.78. The molecule has 31 heavy (non-hydrogen) atoms. The van der Waals surface area contributed by atoms with Gasteiger partial charge >= 0.3 is 6.36 Å². The van der Waals surface area contributed by atoms with E-state index in [4.69, 9.17) is 9.47 Å². The summed E-state index contributed by atoms with van der Waals surface area (Å²) in [5.41, 5.74) is 1.50. The van der Waals surface area contributed by atoms with Gasteiger partial charge in [0.05, 0.1) is 19.9 Å². The topological polar surface area (TPSA) is 77.5 Å². The molecule has 0 radical (unpaired) electrons. The van der Waals surface area contributed by atoms with Gasteiger partial charge < -0.3 is 24.8 Å². The van der Waals surface area contributed by atoms with Crippen LogP contribution in [-0.2, 0) is 0 Å². The monoisotopic (exact) mass is 434 g/mol. The molecule has 0 atom stereocenters. The number of hydrogen-bond donors (Lipinski definition) is 2. The smallest absolute Gasteiger partial charge is 0.497 e. The van der Waals surface area contributed by atoms with E-state index in [1.54, 1.807) is 44.6 Å². The van der Waals surface area contributed by atoms with E-state index >= 15 is 0 Å². The highest BCUT2D eigenvalue weighted by molar-refractivity contribution is 5.69. The minimum Gasteiger partial charge on any atom is -0.497 e. The number of nitrogens with one attached hydrogen (secondary N) is 2. The van der Waals surface area contributed by atoms with Gasteiger partial charge in [-0.15, -0.1) is 13.2 Å². The fraction of sp³-hybridized carbons (Fsp3) is 0.238. The number of nitrogens with zero attached hydrogens (tertiary/aromatic N) is 2.